The molecule has 1 atom stereocenters. The molecule has 1 amide bonds. The Morgan fingerprint density at radius 1 is 1.17 bits per heavy atom. The van der Waals surface area contributed by atoms with Crippen molar-refractivity contribution in [2.24, 2.45) is 0 Å². The highest BCUT2D eigenvalue weighted by Crippen LogP contribution is 2.25. The SMILES string of the molecule is CCC(C)NC(=O)c1coc(CN2CCN(Cc3cc(OC)ccc3OC)CC2)n1. The lowest BCUT2D eigenvalue weighted by molar-refractivity contribution is 0.0934. The maximum Gasteiger partial charge on any atom is 0.273 e. The third kappa shape index (κ3) is 5.73. The maximum atomic E-state index is 12.2. The molecule has 1 aromatic carbocycles. The van der Waals surface area contributed by atoms with Gasteiger partial charge < -0.3 is 19.2 Å². The van der Waals surface area contributed by atoms with Crippen molar-refractivity contribution in [1.82, 2.24) is 20.1 Å². The first-order valence-corrected chi connectivity index (χ1v) is 10.4. The third-order valence-corrected chi connectivity index (χ3v) is 5.48. The van der Waals surface area contributed by atoms with Gasteiger partial charge in [-0.15, -0.1) is 0 Å². The van der Waals surface area contributed by atoms with Gasteiger partial charge in [0.1, 0.15) is 17.8 Å². The minimum absolute atomic E-state index is 0.119. The second-order valence-electron chi connectivity index (χ2n) is 7.64. The minimum atomic E-state index is -0.184. The molecule has 1 fully saturated rings. The summed E-state index contributed by atoms with van der Waals surface area (Å²) in [5.74, 6) is 2.10. The Morgan fingerprint density at radius 3 is 2.50 bits per heavy atom. The quantitative estimate of drug-likeness (QED) is 0.673. The van der Waals surface area contributed by atoms with E-state index in [-0.39, 0.29) is 11.9 Å². The van der Waals surface area contributed by atoms with Gasteiger partial charge in [0.2, 0.25) is 5.89 Å². The van der Waals surface area contributed by atoms with Crippen LogP contribution in [-0.4, -0.2) is 67.1 Å². The first-order valence-electron chi connectivity index (χ1n) is 10.4. The summed E-state index contributed by atoms with van der Waals surface area (Å²) in [6, 6.07) is 6.01. The topological polar surface area (TPSA) is 80.1 Å². The number of nitrogens with zero attached hydrogens (tertiary/aromatic N) is 3. The van der Waals surface area contributed by atoms with Crippen molar-refractivity contribution in [3.8, 4) is 11.5 Å². The van der Waals surface area contributed by atoms with E-state index in [1.54, 1.807) is 14.2 Å². The second kappa shape index (κ2) is 10.4. The Balaban J connectivity index is 1.50. The van der Waals surface area contributed by atoms with Crippen LogP contribution in [-0.2, 0) is 13.1 Å². The molecule has 3 rings (SSSR count). The number of amides is 1. The summed E-state index contributed by atoms with van der Waals surface area (Å²) in [5.41, 5.74) is 1.46. The fourth-order valence-corrected chi connectivity index (χ4v) is 3.43. The van der Waals surface area contributed by atoms with E-state index < -0.39 is 0 Å². The van der Waals surface area contributed by atoms with Crippen LogP contribution in [0.1, 0.15) is 42.2 Å². The fraction of sp³-hybridized carbons (Fsp3) is 0.545. The van der Waals surface area contributed by atoms with Crippen molar-refractivity contribution in [1.29, 1.82) is 0 Å². The molecule has 8 heteroatoms. The van der Waals surface area contributed by atoms with Gasteiger partial charge in [0.05, 0.1) is 20.8 Å². The van der Waals surface area contributed by atoms with Gasteiger partial charge >= 0.3 is 0 Å². The molecule has 0 spiro atoms. The summed E-state index contributed by atoms with van der Waals surface area (Å²) < 4.78 is 16.4. The van der Waals surface area contributed by atoms with Gasteiger partial charge in [-0.25, -0.2) is 4.98 Å². The monoisotopic (exact) mass is 416 g/mol. The van der Waals surface area contributed by atoms with E-state index in [1.165, 1.54) is 6.26 Å². The van der Waals surface area contributed by atoms with Crippen LogP contribution in [0.4, 0.5) is 0 Å². The van der Waals surface area contributed by atoms with E-state index in [4.69, 9.17) is 13.9 Å². The van der Waals surface area contributed by atoms with E-state index >= 15 is 0 Å². The van der Waals surface area contributed by atoms with Crippen LogP contribution in [0, 0.1) is 0 Å². The maximum absolute atomic E-state index is 12.2. The molecular weight excluding hydrogens is 384 g/mol. The molecule has 1 saturated heterocycles. The molecule has 2 aromatic rings. The summed E-state index contributed by atoms with van der Waals surface area (Å²) in [7, 11) is 3.36. The lowest BCUT2D eigenvalue weighted by Gasteiger charge is -2.34. The Labute approximate surface area is 178 Å². The molecule has 8 nitrogen and oxygen atoms in total. The molecule has 0 aliphatic carbocycles. The number of hydrogen-bond donors (Lipinski definition) is 1. The number of hydrogen-bond acceptors (Lipinski definition) is 7. The number of rotatable bonds is 9. The zero-order valence-corrected chi connectivity index (χ0v) is 18.3. The average molecular weight is 417 g/mol. The van der Waals surface area contributed by atoms with E-state index in [0.29, 0.717) is 18.1 Å². The number of nitrogens with one attached hydrogen (secondary N) is 1. The second-order valence-corrected chi connectivity index (χ2v) is 7.64. The third-order valence-electron chi connectivity index (χ3n) is 5.48. The van der Waals surface area contributed by atoms with Gasteiger partial charge in [-0.05, 0) is 31.5 Å². The molecule has 0 radical (unpaired) electrons. The number of ether oxygens (including phenoxy) is 2. The molecule has 1 aliphatic heterocycles. The first kappa shape index (κ1) is 22.1. The van der Waals surface area contributed by atoms with Crippen molar-refractivity contribution in [2.75, 3.05) is 40.4 Å². The van der Waals surface area contributed by atoms with Gasteiger partial charge in [-0.3, -0.25) is 14.6 Å². The predicted octanol–water partition coefficient (Wildman–Crippen LogP) is 2.54. The van der Waals surface area contributed by atoms with Crippen LogP contribution in [0.15, 0.2) is 28.9 Å². The molecule has 0 bridgehead atoms. The average Bonchev–Trinajstić information content (AvgIpc) is 3.23. The molecule has 1 unspecified atom stereocenters. The van der Waals surface area contributed by atoms with E-state index in [1.807, 2.05) is 32.0 Å². The Bertz CT molecular complexity index is 830. The molecule has 1 N–H and O–H groups in total. The van der Waals surface area contributed by atoms with E-state index in [0.717, 1.165) is 56.2 Å². The molecule has 1 aromatic heterocycles. The Morgan fingerprint density at radius 2 is 1.87 bits per heavy atom. The van der Waals surface area contributed by atoms with Crippen LogP contribution in [0.3, 0.4) is 0 Å². The molecule has 0 saturated carbocycles. The zero-order chi connectivity index (χ0) is 21.5. The van der Waals surface area contributed by atoms with Crippen LogP contribution >= 0.6 is 0 Å². The number of oxazole rings is 1. The van der Waals surface area contributed by atoms with Gasteiger partial charge in [0.25, 0.3) is 5.91 Å². The van der Waals surface area contributed by atoms with Crippen molar-refractivity contribution >= 4 is 5.91 Å². The first-order chi connectivity index (χ1) is 14.5. The van der Waals surface area contributed by atoms with Gasteiger partial charge in [-0.2, -0.15) is 0 Å². The summed E-state index contributed by atoms with van der Waals surface area (Å²) >= 11 is 0. The molecule has 30 heavy (non-hydrogen) atoms. The normalized spacial score (nSPS) is 16.3. The zero-order valence-electron chi connectivity index (χ0n) is 18.3. The molecule has 164 valence electrons. The number of carbonyl (C=O) groups excluding carboxylic acids is 1. The Hall–Kier alpha value is -2.58. The standard InChI is InChI=1S/C22H32N4O4/c1-5-16(2)23-22(27)19-15-30-21(24-19)14-26-10-8-25(9-11-26)13-17-12-18(28-3)6-7-20(17)29-4/h6-7,12,15-16H,5,8-11,13-14H2,1-4H3,(H,23,27). The van der Waals surface area contributed by atoms with Crippen LogP contribution in [0.2, 0.25) is 0 Å². The smallest absolute Gasteiger partial charge is 0.273 e. The Kier molecular flexibility index (Phi) is 7.70. The summed E-state index contributed by atoms with van der Waals surface area (Å²) in [4.78, 5) is 21.2. The number of carbonyl (C=O) groups is 1. The van der Waals surface area contributed by atoms with Crippen molar-refractivity contribution in [2.45, 2.75) is 39.4 Å². The van der Waals surface area contributed by atoms with Crippen molar-refractivity contribution < 1.29 is 18.7 Å². The number of benzene rings is 1. The van der Waals surface area contributed by atoms with Gasteiger partial charge in [0.15, 0.2) is 5.69 Å². The highest BCUT2D eigenvalue weighted by molar-refractivity contribution is 5.92. The summed E-state index contributed by atoms with van der Waals surface area (Å²) in [6.45, 7) is 9.10. The lowest BCUT2D eigenvalue weighted by atomic mass is 10.1. The molecular formula is C22H32N4O4. The van der Waals surface area contributed by atoms with Crippen LogP contribution in [0.5, 0.6) is 11.5 Å². The lowest BCUT2D eigenvalue weighted by Crippen LogP contribution is -2.45. The summed E-state index contributed by atoms with van der Waals surface area (Å²) in [6.07, 6.45) is 2.32. The molecule has 1 aliphatic rings. The molecule has 2 heterocycles. The highest BCUT2D eigenvalue weighted by atomic mass is 16.5. The number of piperazine rings is 1. The van der Waals surface area contributed by atoms with Crippen LogP contribution in [0.25, 0.3) is 0 Å². The van der Waals surface area contributed by atoms with Crippen molar-refractivity contribution in [3.05, 3.63) is 41.6 Å². The fourth-order valence-electron chi connectivity index (χ4n) is 3.43. The van der Waals surface area contributed by atoms with E-state index in [2.05, 4.69) is 20.1 Å². The largest absolute Gasteiger partial charge is 0.497 e. The highest BCUT2D eigenvalue weighted by Gasteiger charge is 2.21. The van der Waals surface area contributed by atoms with Crippen molar-refractivity contribution in [3.63, 3.8) is 0 Å². The van der Waals surface area contributed by atoms with Crippen LogP contribution < -0.4 is 14.8 Å². The van der Waals surface area contributed by atoms with Gasteiger partial charge in [-0.1, -0.05) is 6.92 Å². The van der Waals surface area contributed by atoms with Gasteiger partial charge in [0, 0.05) is 44.3 Å². The number of methoxy groups -OCH3 is 2. The minimum Gasteiger partial charge on any atom is -0.497 e. The predicted molar refractivity (Wildman–Crippen MR) is 114 cm³/mol. The van der Waals surface area contributed by atoms with E-state index in [9.17, 15) is 4.79 Å². The summed E-state index contributed by atoms with van der Waals surface area (Å²) in [5, 5.41) is 2.91. The number of aromatic nitrogens is 1.